The third-order valence-corrected chi connectivity index (χ3v) is 4.64. The molecule has 2 aromatic rings. The molecule has 0 unspecified atom stereocenters. The molecule has 1 amide bonds. The summed E-state index contributed by atoms with van der Waals surface area (Å²) in [6, 6.07) is 8.14. The van der Waals surface area contributed by atoms with E-state index in [9.17, 15) is 14.4 Å². The predicted octanol–water partition coefficient (Wildman–Crippen LogP) is 2.38. The first-order chi connectivity index (χ1) is 12.5. The number of nitrogens with zero attached hydrogens (tertiary/aromatic N) is 3. The lowest BCUT2D eigenvalue weighted by molar-refractivity contribution is -0.118. The Hall–Kier alpha value is -2.69. The molecule has 0 bridgehead atoms. The number of hydrogen-bond donors (Lipinski definition) is 1. The lowest BCUT2D eigenvalue weighted by Gasteiger charge is -2.26. The van der Waals surface area contributed by atoms with Crippen LogP contribution in [0.5, 0.6) is 0 Å². The molecule has 2 heterocycles. The van der Waals surface area contributed by atoms with Crippen LogP contribution in [-0.2, 0) is 9.53 Å². The summed E-state index contributed by atoms with van der Waals surface area (Å²) in [6.07, 6.45) is 0. The number of carbonyl (C=O) groups is 1. The minimum Gasteiger partial charge on any atom is -0.379 e. The summed E-state index contributed by atoms with van der Waals surface area (Å²) in [5.41, 5.74) is 2.73. The van der Waals surface area contributed by atoms with Crippen molar-refractivity contribution in [3.05, 3.63) is 46.9 Å². The van der Waals surface area contributed by atoms with Crippen LogP contribution in [0.1, 0.15) is 16.8 Å². The van der Waals surface area contributed by atoms with Gasteiger partial charge < -0.3 is 10.1 Å². The summed E-state index contributed by atoms with van der Waals surface area (Å²) >= 11 is 0. The molecule has 0 saturated carbocycles. The van der Waals surface area contributed by atoms with Crippen LogP contribution in [0.4, 0.5) is 10.2 Å². The molecule has 1 aromatic heterocycles. The number of benzene rings is 1. The lowest BCUT2D eigenvalue weighted by atomic mass is 10.2. The van der Waals surface area contributed by atoms with E-state index in [1.165, 1.54) is 12.1 Å². The topological polar surface area (TPSA) is 70.3 Å². The second kappa shape index (κ2) is 7.68. The number of ether oxygens (including phenoxy) is 1. The van der Waals surface area contributed by atoms with Gasteiger partial charge in [-0.05, 0) is 43.7 Å². The third-order valence-electron chi connectivity index (χ3n) is 4.64. The summed E-state index contributed by atoms with van der Waals surface area (Å²) in [5, 5.41) is 12.4. The largest absolute Gasteiger partial charge is 0.379 e. The molecule has 0 spiro atoms. The van der Waals surface area contributed by atoms with Crippen LogP contribution in [0.15, 0.2) is 24.3 Å². The highest BCUT2D eigenvalue weighted by Gasteiger charge is 2.22. The zero-order chi connectivity index (χ0) is 18.7. The molecule has 1 aliphatic heterocycles. The molecular formula is C19H21FN4O2. The van der Waals surface area contributed by atoms with E-state index in [0.717, 1.165) is 11.3 Å². The lowest BCUT2D eigenvalue weighted by Crippen LogP contribution is -2.41. The van der Waals surface area contributed by atoms with Gasteiger partial charge in [0.05, 0.1) is 25.3 Å². The van der Waals surface area contributed by atoms with Gasteiger partial charge in [-0.2, -0.15) is 5.26 Å². The Bertz CT molecular complexity index is 846. The zero-order valence-corrected chi connectivity index (χ0v) is 14.9. The molecule has 6 nitrogen and oxygen atoms in total. The van der Waals surface area contributed by atoms with E-state index in [-0.39, 0.29) is 18.3 Å². The van der Waals surface area contributed by atoms with Crippen molar-refractivity contribution in [1.29, 1.82) is 5.26 Å². The first-order valence-electron chi connectivity index (χ1n) is 8.49. The SMILES string of the molecule is Cc1c(C#N)c(NC(=O)CN2CCOCC2)n(-c2ccc(F)cc2)c1C. The summed E-state index contributed by atoms with van der Waals surface area (Å²) in [4.78, 5) is 14.5. The minimum atomic E-state index is -0.339. The number of hydrogen-bond acceptors (Lipinski definition) is 4. The average molecular weight is 356 g/mol. The van der Waals surface area contributed by atoms with Crippen molar-refractivity contribution in [2.24, 2.45) is 0 Å². The molecule has 1 N–H and O–H groups in total. The Morgan fingerprint density at radius 1 is 1.27 bits per heavy atom. The Balaban J connectivity index is 1.92. The Morgan fingerprint density at radius 3 is 2.54 bits per heavy atom. The monoisotopic (exact) mass is 356 g/mol. The normalized spacial score (nSPS) is 14.8. The molecule has 1 saturated heterocycles. The van der Waals surface area contributed by atoms with Crippen molar-refractivity contribution in [1.82, 2.24) is 9.47 Å². The number of amides is 1. The summed E-state index contributed by atoms with van der Waals surface area (Å²) < 4.78 is 20.4. The number of rotatable bonds is 4. The second-order valence-electron chi connectivity index (χ2n) is 6.29. The number of morpholine rings is 1. The van der Waals surface area contributed by atoms with Crippen molar-refractivity contribution in [3.63, 3.8) is 0 Å². The van der Waals surface area contributed by atoms with Gasteiger partial charge in [0.2, 0.25) is 5.91 Å². The summed E-state index contributed by atoms with van der Waals surface area (Å²) in [6.45, 7) is 6.58. The molecule has 1 aliphatic rings. The van der Waals surface area contributed by atoms with Gasteiger partial charge in [-0.15, -0.1) is 0 Å². The highest BCUT2D eigenvalue weighted by Crippen LogP contribution is 2.30. The van der Waals surface area contributed by atoms with Crippen molar-refractivity contribution < 1.29 is 13.9 Å². The summed E-state index contributed by atoms with van der Waals surface area (Å²) in [5.74, 6) is -0.106. The van der Waals surface area contributed by atoms with Crippen LogP contribution in [0, 0.1) is 31.0 Å². The van der Waals surface area contributed by atoms with Crippen molar-refractivity contribution in [2.45, 2.75) is 13.8 Å². The predicted molar refractivity (Wildman–Crippen MR) is 95.8 cm³/mol. The first-order valence-corrected chi connectivity index (χ1v) is 8.49. The summed E-state index contributed by atoms with van der Waals surface area (Å²) in [7, 11) is 0. The maximum Gasteiger partial charge on any atom is 0.239 e. The Morgan fingerprint density at radius 2 is 1.92 bits per heavy atom. The van der Waals surface area contributed by atoms with Crippen molar-refractivity contribution >= 4 is 11.7 Å². The molecule has 26 heavy (non-hydrogen) atoms. The van der Waals surface area contributed by atoms with Crippen molar-refractivity contribution in [2.75, 3.05) is 38.2 Å². The first kappa shape index (κ1) is 18.1. The van der Waals surface area contributed by atoms with Gasteiger partial charge in [0.25, 0.3) is 0 Å². The molecule has 0 aliphatic carbocycles. The number of aromatic nitrogens is 1. The second-order valence-corrected chi connectivity index (χ2v) is 6.29. The van der Waals surface area contributed by atoms with E-state index >= 15 is 0 Å². The number of carbonyl (C=O) groups excluding carboxylic acids is 1. The van der Waals surface area contributed by atoms with E-state index in [0.29, 0.717) is 43.4 Å². The van der Waals surface area contributed by atoms with Crippen LogP contribution in [-0.4, -0.2) is 48.2 Å². The van der Waals surface area contributed by atoms with Crippen molar-refractivity contribution in [3.8, 4) is 11.8 Å². The molecule has 0 atom stereocenters. The fourth-order valence-corrected chi connectivity index (χ4v) is 3.11. The molecule has 1 fully saturated rings. The average Bonchev–Trinajstić information content (AvgIpc) is 2.86. The number of halogens is 1. The van der Waals surface area contributed by atoms with E-state index in [4.69, 9.17) is 4.74 Å². The van der Waals surface area contributed by atoms with Crippen LogP contribution in [0.25, 0.3) is 5.69 Å². The van der Waals surface area contributed by atoms with Crippen LogP contribution >= 0.6 is 0 Å². The Kier molecular flexibility index (Phi) is 5.35. The van der Waals surface area contributed by atoms with Gasteiger partial charge in [-0.1, -0.05) is 0 Å². The minimum absolute atomic E-state index is 0.190. The fraction of sp³-hybridized carbons (Fsp3) is 0.368. The zero-order valence-electron chi connectivity index (χ0n) is 14.9. The highest BCUT2D eigenvalue weighted by molar-refractivity contribution is 5.93. The standard InChI is InChI=1S/C19H21FN4O2/c1-13-14(2)24(16-5-3-15(20)4-6-16)19(17(13)11-21)22-18(25)12-23-7-9-26-10-8-23/h3-6H,7-10,12H2,1-2H3,(H,22,25). The van der Waals surface area contributed by atoms with E-state index < -0.39 is 0 Å². The molecule has 1 aromatic carbocycles. The number of anilines is 1. The number of nitriles is 1. The van der Waals surface area contributed by atoms with E-state index in [1.807, 2.05) is 18.7 Å². The third kappa shape index (κ3) is 3.62. The van der Waals surface area contributed by atoms with Crippen LogP contribution in [0.3, 0.4) is 0 Å². The smallest absolute Gasteiger partial charge is 0.239 e. The molecular weight excluding hydrogens is 335 g/mol. The van der Waals surface area contributed by atoms with Gasteiger partial charge in [-0.3, -0.25) is 14.3 Å². The van der Waals surface area contributed by atoms with Crippen LogP contribution < -0.4 is 5.32 Å². The fourth-order valence-electron chi connectivity index (χ4n) is 3.11. The van der Waals surface area contributed by atoms with Crippen LogP contribution in [0.2, 0.25) is 0 Å². The highest BCUT2D eigenvalue weighted by atomic mass is 19.1. The van der Waals surface area contributed by atoms with Gasteiger partial charge in [0.15, 0.2) is 0 Å². The maximum atomic E-state index is 13.3. The quantitative estimate of drug-likeness (QED) is 0.913. The Labute approximate surface area is 151 Å². The van der Waals surface area contributed by atoms with Gasteiger partial charge in [0.1, 0.15) is 17.7 Å². The number of nitrogens with one attached hydrogen (secondary N) is 1. The maximum absolute atomic E-state index is 13.3. The van der Waals surface area contributed by atoms with E-state index in [1.54, 1.807) is 16.7 Å². The molecule has 3 rings (SSSR count). The molecule has 0 radical (unpaired) electrons. The van der Waals surface area contributed by atoms with E-state index in [2.05, 4.69) is 11.4 Å². The van der Waals surface area contributed by atoms with Gasteiger partial charge >= 0.3 is 0 Å². The molecule has 7 heteroatoms. The van der Waals surface area contributed by atoms with Gasteiger partial charge in [0, 0.05) is 24.5 Å². The van der Waals surface area contributed by atoms with Gasteiger partial charge in [-0.25, -0.2) is 4.39 Å². The molecule has 136 valence electrons.